The number of piperidine rings is 1. The quantitative estimate of drug-likeness (QED) is 0.662. The number of rotatable bonds is 7. The molecule has 1 aliphatic rings. The third kappa shape index (κ3) is 5.14. The third-order valence-electron chi connectivity index (χ3n) is 4.68. The lowest BCUT2D eigenvalue weighted by molar-refractivity contribution is -0.115. The average molecular weight is 439 g/mol. The standard InChI is InChI=1S/C18H26N6O3S2/c1-13(2)24-18(20-21-22-24)28-14(3)17(25)19-15-7-9-16(10-8-15)29(26,27)23-11-5-4-6-12-23/h7-10,13-14H,4-6,11-12H2,1-3H3,(H,19,25)/t14-/m0/s1. The molecule has 1 aromatic heterocycles. The second-order valence-corrected chi connectivity index (χ2v) is 10.5. The Labute approximate surface area is 175 Å². The van der Waals surface area contributed by atoms with E-state index in [1.165, 1.54) is 28.2 Å². The van der Waals surface area contributed by atoms with Crippen molar-refractivity contribution in [3.63, 3.8) is 0 Å². The number of anilines is 1. The van der Waals surface area contributed by atoms with E-state index in [9.17, 15) is 13.2 Å². The van der Waals surface area contributed by atoms with Crippen molar-refractivity contribution in [2.75, 3.05) is 18.4 Å². The maximum absolute atomic E-state index is 12.7. The molecule has 2 aromatic rings. The highest BCUT2D eigenvalue weighted by atomic mass is 32.2. The predicted molar refractivity (Wildman–Crippen MR) is 111 cm³/mol. The first-order chi connectivity index (χ1) is 13.8. The van der Waals surface area contributed by atoms with Crippen LogP contribution in [0.3, 0.4) is 0 Å². The molecule has 0 spiro atoms. The summed E-state index contributed by atoms with van der Waals surface area (Å²) in [5.41, 5.74) is 0.545. The van der Waals surface area contributed by atoms with Gasteiger partial charge in [0.25, 0.3) is 0 Å². The summed E-state index contributed by atoms with van der Waals surface area (Å²) < 4.78 is 28.6. The molecule has 1 fully saturated rings. The first-order valence-corrected chi connectivity index (χ1v) is 12.0. The van der Waals surface area contributed by atoms with E-state index < -0.39 is 15.3 Å². The molecule has 0 radical (unpaired) electrons. The lowest BCUT2D eigenvalue weighted by atomic mass is 10.2. The van der Waals surface area contributed by atoms with Gasteiger partial charge in [0.15, 0.2) is 0 Å². The number of nitrogens with one attached hydrogen (secondary N) is 1. The van der Waals surface area contributed by atoms with Gasteiger partial charge in [-0.1, -0.05) is 18.2 Å². The smallest absolute Gasteiger partial charge is 0.243 e. The zero-order valence-corrected chi connectivity index (χ0v) is 18.4. The second kappa shape index (κ2) is 9.23. The third-order valence-corrected chi connectivity index (χ3v) is 7.64. The van der Waals surface area contributed by atoms with Gasteiger partial charge in [-0.15, -0.1) is 5.10 Å². The van der Waals surface area contributed by atoms with Crippen molar-refractivity contribution >= 4 is 33.4 Å². The van der Waals surface area contributed by atoms with Crippen LogP contribution in [0.2, 0.25) is 0 Å². The van der Waals surface area contributed by atoms with E-state index in [0.717, 1.165) is 19.3 Å². The summed E-state index contributed by atoms with van der Waals surface area (Å²) >= 11 is 1.27. The summed E-state index contributed by atoms with van der Waals surface area (Å²) in [6.45, 7) is 6.82. The van der Waals surface area contributed by atoms with Crippen molar-refractivity contribution in [3.8, 4) is 0 Å². The van der Waals surface area contributed by atoms with Crippen molar-refractivity contribution < 1.29 is 13.2 Å². The number of hydrogen-bond donors (Lipinski definition) is 1. The van der Waals surface area contributed by atoms with Crippen LogP contribution >= 0.6 is 11.8 Å². The Morgan fingerprint density at radius 1 is 1.10 bits per heavy atom. The number of thioether (sulfide) groups is 1. The van der Waals surface area contributed by atoms with Crippen LogP contribution < -0.4 is 5.32 Å². The van der Waals surface area contributed by atoms with Crippen molar-refractivity contribution in [1.29, 1.82) is 0 Å². The first kappa shape index (κ1) is 21.7. The molecule has 0 aliphatic carbocycles. The van der Waals surface area contributed by atoms with Crippen LogP contribution in [0.5, 0.6) is 0 Å². The maximum Gasteiger partial charge on any atom is 0.243 e. The van der Waals surface area contributed by atoms with Crippen molar-refractivity contribution in [3.05, 3.63) is 24.3 Å². The van der Waals surface area contributed by atoms with E-state index in [2.05, 4.69) is 20.8 Å². The van der Waals surface area contributed by atoms with Gasteiger partial charge in [0, 0.05) is 18.8 Å². The first-order valence-electron chi connectivity index (χ1n) is 9.64. The maximum atomic E-state index is 12.7. The fourth-order valence-corrected chi connectivity index (χ4v) is 5.45. The van der Waals surface area contributed by atoms with Crippen molar-refractivity contribution in [1.82, 2.24) is 24.5 Å². The molecule has 9 nitrogen and oxygen atoms in total. The summed E-state index contributed by atoms with van der Waals surface area (Å²) in [7, 11) is -3.48. The van der Waals surface area contributed by atoms with E-state index in [1.807, 2.05) is 13.8 Å². The Balaban J connectivity index is 1.63. The Morgan fingerprint density at radius 2 is 1.76 bits per heavy atom. The molecule has 1 aromatic carbocycles. The van der Waals surface area contributed by atoms with Crippen molar-refractivity contribution in [2.45, 2.75) is 61.4 Å². The molecule has 1 amide bonds. The van der Waals surface area contributed by atoms with Gasteiger partial charge in [0.05, 0.1) is 16.2 Å². The minimum Gasteiger partial charge on any atom is -0.325 e. The highest BCUT2D eigenvalue weighted by Crippen LogP contribution is 2.25. The molecule has 0 unspecified atom stereocenters. The Hall–Kier alpha value is -1.98. The fourth-order valence-electron chi connectivity index (χ4n) is 3.01. The lowest BCUT2D eigenvalue weighted by Crippen LogP contribution is -2.35. The molecule has 158 valence electrons. The van der Waals surface area contributed by atoms with Crippen LogP contribution in [0, 0.1) is 0 Å². The molecule has 3 rings (SSSR count). The highest BCUT2D eigenvalue weighted by molar-refractivity contribution is 8.00. The molecule has 1 aliphatic heterocycles. The van der Waals surface area contributed by atoms with Gasteiger partial charge < -0.3 is 5.32 Å². The largest absolute Gasteiger partial charge is 0.325 e. The molecule has 1 saturated heterocycles. The van der Waals surface area contributed by atoms with Gasteiger partial charge in [0.2, 0.25) is 21.1 Å². The molecule has 0 saturated carbocycles. The van der Waals surface area contributed by atoms with Crippen LogP contribution in [0.25, 0.3) is 0 Å². The molecule has 1 atom stereocenters. The van der Waals surface area contributed by atoms with Gasteiger partial charge in [0.1, 0.15) is 0 Å². The van der Waals surface area contributed by atoms with E-state index in [-0.39, 0.29) is 16.8 Å². The molecule has 2 heterocycles. The number of carbonyl (C=O) groups excluding carboxylic acids is 1. The molecular formula is C18H26N6O3S2. The van der Waals surface area contributed by atoms with Gasteiger partial charge in [-0.25, -0.2) is 13.1 Å². The van der Waals surface area contributed by atoms with E-state index in [4.69, 9.17) is 0 Å². The Kier molecular flexibility index (Phi) is 6.91. The summed E-state index contributed by atoms with van der Waals surface area (Å²) in [4.78, 5) is 12.8. The number of sulfonamides is 1. The van der Waals surface area contributed by atoms with Gasteiger partial charge in [-0.2, -0.15) is 4.31 Å². The van der Waals surface area contributed by atoms with E-state index >= 15 is 0 Å². The zero-order chi connectivity index (χ0) is 21.0. The van der Waals surface area contributed by atoms with Crippen LogP contribution in [0.4, 0.5) is 5.69 Å². The summed E-state index contributed by atoms with van der Waals surface area (Å²) in [6, 6.07) is 6.40. The molecular weight excluding hydrogens is 412 g/mol. The minimum absolute atomic E-state index is 0.0946. The molecule has 0 bridgehead atoms. The summed E-state index contributed by atoms with van der Waals surface area (Å²) in [5.74, 6) is -0.208. The van der Waals surface area contributed by atoms with Crippen LogP contribution in [0.15, 0.2) is 34.3 Å². The molecule has 11 heteroatoms. The van der Waals surface area contributed by atoms with Gasteiger partial charge in [-0.3, -0.25) is 4.79 Å². The van der Waals surface area contributed by atoms with E-state index in [1.54, 1.807) is 23.7 Å². The molecule has 1 N–H and O–H groups in total. The van der Waals surface area contributed by atoms with Crippen LogP contribution in [-0.4, -0.2) is 57.2 Å². The van der Waals surface area contributed by atoms with Crippen molar-refractivity contribution in [2.24, 2.45) is 0 Å². The number of nitrogens with zero attached hydrogens (tertiary/aromatic N) is 5. The van der Waals surface area contributed by atoms with Crippen LogP contribution in [0.1, 0.15) is 46.1 Å². The average Bonchev–Trinajstić information content (AvgIpc) is 3.17. The minimum atomic E-state index is -3.48. The number of hydrogen-bond acceptors (Lipinski definition) is 7. The number of tetrazole rings is 1. The van der Waals surface area contributed by atoms with E-state index in [0.29, 0.717) is 23.9 Å². The highest BCUT2D eigenvalue weighted by Gasteiger charge is 2.26. The summed E-state index contributed by atoms with van der Waals surface area (Å²) in [5, 5.41) is 14.5. The fraction of sp³-hybridized carbons (Fsp3) is 0.556. The lowest BCUT2D eigenvalue weighted by Gasteiger charge is -2.25. The normalized spacial score (nSPS) is 16.7. The van der Waals surface area contributed by atoms with Crippen LogP contribution in [-0.2, 0) is 14.8 Å². The zero-order valence-electron chi connectivity index (χ0n) is 16.8. The Bertz CT molecular complexity index is 937. The number of amides is 1. The SMILES string of the molecule is CC(C)n1nnnc1S[C@@H](C)C(=O)Nc1ccc(S(=O)(=O)N2CCCCC2)cc1. The second-order valence-electron chi connectivity index (χ2n) is 7.24. The van der Waals surface area contributed by atoms with Gasteiger partial charge in [-0.05, 0) is 68.3 Å². The number of carbonyl (C=O) groups is 1. The topological polar surface area (TPSA) is 110 Å². The molecule has 29 heavy (non-hydrogen) atoms. The number of benzene rings is 1. The Morgan fingerprint density at radius 3 is 2.38 bits per heavy atom. The monoisotopic (exact) mass is 438 g/mol. The summed E-state index contributed by atoms with van der Waals surface area (Å²) in [6.07, 6.45) is 2.85. The predicted octanol–water partition coefficient (Wildman–Crippen LogP) is 2.55. The number of aromatic nitrogens is 4. The van der Waals surface area contributed by atoms with Gasteiger partial charge >= 0.3 is 0 Å².